The third-order valence-corrected chi connectivity index (χ3v) is 4.71. The lowest BCUT2D eigenvalue weighted by Crippen LogP contribution is -2.43. The molecule has 0 saturated carbocycles. The Morgan fingerprint density at radius 1 is 1.21 bits per heavy atom. The highest BCUT2D eigenvalue weighted by molar-refractivity contribution is 5.70. The smallest absolute Gasteiger partial charge is 0.332 e. The first-order chi connectivity index (χ1) is 14.1. The summed E-state index contributed by atoms with van der Waals surface area (Å²) in [6.07, 6.45) is 4.76. The predicted molar refractivity (Wildman–Crippen MR) is 108 cm³/mol. The molecule has 0 saturated heterocycles. The zero-order chi connectivity index (χ0) is 20.8. The van der Waals surface area contributed by atoms with Crippen molar-refractivity contribution in [2.75, 3.05) is 6.61 Å². The molecule has 0 radical (unpaired) electrons. The molecule has 9 nitrogen and oxygen atoms in total. The lowest BCUT2D eigenvalue weighted by atomic mass is 10.3. The van der Waals surface area contributed by atoms with Gasteiger partial charge in [-0.05, 0) is 25.0 Å². The highest BCUT2D eigenvalue weighted by Crippen LogP contribution is 2.09. The molecule has 0 bridgehead atoms. The Labute approximate surface area is 168 Å². The summed E-state index contributed by atoms with van der Waals surface area (Å²) < 4.78 is 15.0. The molecule has 0 aliphatic rings. The van der Waals surface area contributed by atoms with Gasteiger partial charge >= 0.3 is 5.69 Å². The molecule has 158 valence electrons. The van der Waals surface area contributed by atoms with E-state index in [2.05, 4.69) is 11.9 Å². The molecule has 9 heteroatoms. The van der Waals surface area contributed by atoms with Crippen LogP contribution in [0.15, 0.2) is 38.7 Å². The molecule has 1 unspecified atom stereocenters. The Bertz CT molecular complexity index is 1030. The molecule has 3 aromatic heterocycles. The number of unbranched alkanes of at least 4 members (excludes halogenated alkanes) is 1. The van der Waals surface area contributed by atoms with Gasteiger partial charge in [-0.25, -0.2) is 9.78 Å². The highest BCUT2D eigenvalue weighted by Gasteiger charge is 2.19. The van der Waals surface area contributed by atoms with Gasteiger partial charge in [-0.3, -0.25) is 13.9 Å². The SMILES string of the molecule is CCCCn1cnc2c1c(=O)n(CC(O)COCc1ccco1)c(=O)n2CCC. The lowest BCUT2D eigenvalue weighted by molar-refractivity contribution is 0.0136. The highest BCUT2D eigenvalue weighted by atomic mass is 16.5. The van der Waals surface area contributed by atoms with Crippen LogP contribution < -0.4 is 11.2 Å². The number of hydrogen-bond acceptors (Lipinski definition) is 6. The molecule has 1 N–H and O–H groups in total. The first kappa shape index (κ1) is 21.1. The number of aryl methyl sites for hydroxylation is 2. The van der Waals surface area contributed by atoms with Crippen LogP contribution >= 0.6 is 0 Å². The van der Waals surface area contributed by atoms with Gasteiger partial charge in [-0.2, -0.15) is 0 Å². The molecule has 0 aromatic carbocycles. The van der Waals surface area contributed by atoms with E-state index in [1.54, 1.807) is 29.3 Å². The van der Waals surface area contributed by atoms with Crippen LogP contribution in [0.2, 0.25) is 0 Å². The Hall–Kier alpha value is -2.65. The van der Waals surface area contributed by atoms with Gasteiger partial charge in [0.2, 0.25) is 0 Å². The lowest BCUT2D eigenvalue weighted by Gasteiger charge is -2.15. The predicted octanol–water partition coefficient (Wildman–Crippen LogP) is 1.74. The van der Waals surface area contributed by atoms with E-state index in [1.807, 2.05) is 6.92 Å². The number of fused-ring (bicyclic) bond motifs is 1. The average molecular weight is 404 g/mol. The maximum atomic E-state index is 13.1. The number of aromatic nitrogens is 4. The number of aliphatic hydroxyl groups is 1. The second kappa shape index (κ2) is 9.71. The third-order valence-electron chi connectivity index (χ3n) is 4.71. The molecule has 0 fully saturated rings. The average Bonchev–Trinajstić information content (AvgIpc) is 3.37. The number of rotatable bonds is 11. The molecular formula is C20H28N4O5. The summed E-state index contributed by atoms with van der Waals surface area (Å²) in [5.41, 5.74) is -0.0980. The van der Waals surface area contributed by atoms with Crippen molar-refractivity contribution in [3.8, 4) is 0 Å². The van der Waals surface area contributed by atoms with Gasteiger partial charge < -0.3 is 18.8 Å². The van der Waals surface area contributed by atoms with Crippen LogP contribution in [-0.4, -0.2) is 36.5 Å². The number of furan rings is 1. The molecule has 0 aliphatic heterocycles. The van der Waals surface area contributed by atoms with Crippen molar-refractivity contribution in [2.45, 2.75) is 65.5 Å². The van der Waals surface area contributed by atoms with Gasteiger partial charge in [0.05, 0.1) is 31.8 Å². The summed E-state index contributed by atoms with van der Waals surface area (Å²) >= 11 is 0. The van der Waals surface area contributed by atoms with Crippen LogP contribution in [0, 0.1) is 0 Å². The summed E-state index contributed by atoms with van der Waals surface area (Å²) in [6.45, 7) is 5.18. The van der Waals surface area contributed by atoms with Crippen molar-refractivity contribution in [3.63, 3.8) is 0 Å². The Morgan fingerprint density at radius 2 is 2.03 bits per heavy atom. The maximum Gasteiger partial charge on any atom is 0.332 e. The van der Waals surface area contributed by atoms with Crippen molar-refractivity contribution >= 4 is 11.2 Å². The normalized spacial score (nSPS) is 12.7. The quantitative estimate of drug-likeness (QED) is 0.522. The van der Waals surface area contributed by atoms with Gasteiger partial charge in [0.15, 0.2) is 11.2 Å². The molecule has 3 rings (SSSR count). The summed E-state index contributed by atoms with van der Waals surface area (Å²) in [6, 6.07) is 3.52. The van der Waals surface area contributed by atoms with Crippen LogP contribution in [0.4, 0.5) is 0 Å². The Kier molecular flexibility index (Phi) is 7.05. The largest absolute Gasteiger partial charge is 0.467 e. The monoisotopic (exact) mass is 404 g/mol. The Balaban J connectivity index is 1.87. The van der Waals surface area contributed by atoms with E-state index < -0.39 is 17.4 Å². The standard InChI is InChI=1S/C20H28N4O5/c1-3-5-9-22-14-21-18-17(22)19(26)24(20(27)23(18)8-4-2)11-15(25)12-28-13-16-7-6-10-29-16/h6-7,10,14-15,25H,3-5,8-9,11-13H2,1-2H3. The van der Waals surface area contributed by atoms with Crippen molar-refractivity contribution in [2.24, 2.45) is 0 Å². The Morgan fingerprint density at radius 3 is 2.72 bits per heavy atom. The fourth-order valence-electron chi connectivity index (χ4n) is 3.28. The number of aliphatic hydroxyl groups excluding tert-OH is 1. The van der Waals surface area contributed by atoms with Gasteiger partial charge in [0.1, 0.15) is 12.4 Å². The summed E-state index contributed by atoms with van der Waals surface area (Å²) in [7, 11) is 0. The van der Waals surface area contributed by atoms with Gasteiger partial charge in [0.25, 0.3) is 5.56 Å². The number of imidazole rings is 1. The number of hydrogen-bond donors (Lipinski definition) is 1. The zero-order valence-electron chi connectivity index (χ0n) is 16.9. The minimum Gasteiger partial charge on any atom is -0.467 e. The van der Waals surface area contributed by atoms with E-state index >= 15 is 0 Å². The minimum absolute atomic E-state index is 0.0203. The molecular weight excluding hydrogens is 376 g/mol. The van der Waals surface area contributed by atoms with Crippen LogP contribution in [0.5, 0.6) is 0 Å². The first-order valence-electron chi connectivity index (χ1n) is 10.0. The topological polar surface area (TPSA) is 104 Å². The molecule has 0 spiro atoms. The van der Waals surface area contributed by atoms with E-state index in [0.717, 1.165) is 23.8 Å². The van der Waals surface area contributed by atoms with Crippen molar-refractivity contribution < 1.29 is 14.3 Å². The molecule has 3 heterocycles. The van der Waals surface area contributed by atoms with Gasteiger partial charge in [-0.15, -0.1) is 0 Å². The second-order valence-corrected chi connectivity index (χ2v) is 7.06. The van der Waals surface area contributed by atoms with Crippen LogP contribution in [0.1, 0.15) is 38.9 Å². The van der Waals surface area contributed by atoms with E-state index in [1.165, 1.54) is 4.57 Å². The molecule has 29 heavy (non-hydrogen) atoms. The summed E-state index contributed by atoms with van der Waals surface area (Å²) in [4.78, 5) is 30.3. The molecule has 0 amide bonds. The number of ether oxygens (including phenoxy) is 1. The van der Waals surface area contributed by atoms with Crippen LogP contribution in [-0.2, 0) is 31.0 Å². The van der Waals surface area contributed by atoms with Crippen molar-refractivity contribution in [3.05, 3.63) is 51.3 Å². The molecule has 1 atom stereocenters. The maximum absolute atomic E-state index is 13.1. The fourth-order valence-corrected chi connectivity index (χ4v) is 3.28. The van der Waals surface area contributed by atoms with Crippen molar-refractivity contribution in [1.29, 1.82) is 0 Å². The van der Waals surface area contributed by atoms with E-state index in [4.69, 9.17) is 9.15 Å². The molecule has 3 aromatic rings. The zero-order valence-corrected chi connectivity index (χ0v) is 16.9. The minimum atomic E-state index is -1.00. The van der Waals surface area contributed by atoms with Gasteiger partial charge in [0, 0.05) is 13.1 Å². The molecule has 0 aliphatic carbocycles. The second-order valence-electron chi connectivity index (χ2n) is 7.06. The summed E-state index contributed by atoms with van der Waals surface area (Å²) in [5, 5.41) is 10.3. The van der Waals surface area contributed by atoms with E-state index in [0.29, 0.717) is 30.0 Å². The third kappa shape index (κ3) is 4.68. The fraction of sp³-hybridized carbons (Fsp3) is 0.550. The van der Waals surface area contributed by atoms with Crippen LogP contribution in [0.3, 0.4) is 0 Å². The van der Waals surface area contributed by atoms with Gasteiger partial charge in [-0.1, -0.05) is 20.3 Å². The summed E-state index contributed by atoms with van der Waals surface area (Å²) in [5.74, 6) is 0.640. The van der Waals surface area contributed by atoms with E-state index in [9.17, 15) is 14.7 Å². The number of nitrogens with zero attached hydrogens (tertiary/aromatic N) is 4. The first-order valence-corrected chi connectivity index (χ1v) is 10.0. The van der Waals surface area contributed by atoms with Crippen LogP contribution in [0.25, 0.3) is 11.2 Å². The van der Waals surface area contributed by atoms with E-state index in [-0.39, 0.29) is 19.8 Å². The van der Waals surface area contributed by atoms with Crippen molar-refractivity contribution in [1.82, 2.24) is 18.7 Å².